The Hall–Kier alpha value is -3.25. The zero-order chi connectivity index (χ0) is 29.5. The molecule has 1 aliphatic carbocycles. The fraction of sp³-hybridized carbons (Fsp3) is 0.500. The smallest absolute Gasteiger partial charge is 0.303 e. The van der Waals surface area contributed by atoms with Crippen LogP contribution >= 0.6 is 0 Å². The highest BCUT2D eigenvalue weighted by atomic mass is 19.3. The fourth-order valence-corrected chi connectivity index (χ4v) is 4.19. The molecule has 0 radical (unpaired) electrons. The quantitative estimate of drug-likeness (QED) is 0.195. The molecule has 4 rings (SSSR count). The molecule has 2 atom stereocenters. The molecule has 1 saturated carbocycles. The summed E-state index contributed by atoms with van der Waals surface area (Å²) in [7, 11) is 0. The fourth-order valence-electron chi connectivity index (χ4n) is 4.19. The number of benzene rings is 2. The number of hydrogen-bond acceptors (Lipinski definition) is 7. The molecule has 0 aliphatic heterocycles. The third-order valence-corrected chi connectivity index (χ3v) is 6.56. The van der Waals surface area contributed by atoms with Crippen molar-refractivity contribution in [2.24, 2.45) is 0 Å². The van der Waals surface area contributed by atoms with E-state index in [4.69, 9.17) is 14.2 Å². The molecular formula is C28H32F5N3O4. The van der Waals surface area contributed by atoms with Crippen LogP contribution in [0.5, 0.6) is 11.5 Å². The summed E-state index contributed by atoms with van der Waals surface area (Å²) < 4.78 is 87.7. The number of fused-ring (bicyclic) bond motifs is 1. The first-order chi connectivity index (χ1) is 18.7. The SMILES string of the molecule is CCOc1cc2nc(C)nc(N[C@H](C)c3cccc(C(F)(F)C(C)(C)O)c3F)c2cc1OCCOC1CC1(F)F. The second kappa shape index (κ2) is 11.0. The minimum Gasteiger partial charge on any atom is -0.490 e. The maximum absolute atomic E-state index is 15.4. The van der Waals surface area contributed by atoms with Gasteiger partial charge in [0, 0.05) is 23.4 Å². The van der Waals surface area contributed by atoms with Gasteiger partial charge in [0.15, 0.2) is 11.5 Å². The number of aryl methyl sites for hydroxylation is 1. The van der Waals surface area contributed by atoms with Crippen molar-refractivity contribution in [2.45, 2.75) is 70.6 Å². The summed E-state index contributed by atoms with van der Waals surface area (Å²) >= 11 is 0. The molecule has 0 saturated heterocycles. The number of anilines is 1. The van der Waals surface area contributed by atoms with Crippen molar-refractivity contribution < 1.29 is 41.3 Å². The second-order valence-electron chi connectivity index (χ2n) is 10.2. The van der Waals surface area contributed by atoms with Crippen molar-refractivity contribution in [2.75, 3.05) is 25.1 Å². The van der Waals surface area contributed by atoms with E-state index in [1.807, 2.05) is 0 Å². The number of nitrogens with one attached hydrogen (secondary N) is 1. The van der Waals surface area contributed by atoms with Crippen LogP contribution in [0.4, 0.5) is 27.8 Å². The lowest BCUT2D eigenvalue weighted by molar-refractivity contribution is -0.170. The lowest BCUT2D eigenvalue weighted by Crippen LogP contribution is -2.41. The van der Waals surface area contributed by atoms with Crippen molar-refractivity contribution in [1.82, 2.24) is 9.97 Å². The van der Waals surface area contributed by atoms with E-state index in [1.165, 1.54) is 12.1 Å². The zero-order valence-corrected chi connectivity index (χ0v) is 22.8. The van der Waals surface area contributed by atoms with Gasteiger partial charge < -0.3 is 24.6 Å². The molecule has 0 spiro atoms. The molecule has 0 bridgehead atoms. The predicted molar refractivity (Wildman–Crippen MR) is 139 cm³/mol. The Morgan fingerprint density at radius 2 is 1.80 bits per heavy atom. The van der Waals surface area contributed by atoms with E-state index in [0.29, 0.717) is 34.8 Å². The number of alkyl halides is 4. The van der Waals surface area contributed by atoms with Crippen LogP contribution in [0.1, 0.15) is 57.1 Å². The van der Waals surface area contributed by atoms with E-state index >= 15 is 4.39 Å². The lowest BCUT2D eigenvalue weighted by atomic mass is 9.91. The Bertz CT molecular complexity index is 1380. The molecule has 1 unspecified atom stereocenters. The van der Waals surface area contributed by atoms with Crippen LogP contribution in [-0.4, -0.2) is 52.5 Å². The van der Waals surface area contributed by atoms with E-state index in [9.17, 15) is 22.7 Å². The van der Waals surface area contributed by atoms with Gasteiger partial charge in [0.2, 0.25) is 0 Å². The molecule has 1 heterocycles. The molecule has 3 aromatic rings. The summed E-state index contributed by atoms with van der Waals surface area (Å²) in [6.45, 7) is 7.12. The van der Waals surface area contributed by atoms with Gasteiger partial charge in [-0.25, -0.2) is 23.1 Å². The number of rotatable bonds is 12. The van der Waals surface area contributed by atoms with Gasteiger partial charge in [-0.2, -0.15) is 8.78 Å². The number of hydrogen-bond donors (Lipinski definition) is 2. The third kappa shape index (κ3) is 6.07. The minimum atomic E-state index is -3.84. The minimum absolute atomic E-state index is 0.0164. The number of nitrogens with zero attached hydrogens (tertiary/aromatic N) is 2. The van der Waals surface area contributed by atoms with Gasteiger partial charge in [-0.05, 0) is 46.8 Å². The number of ether oxygens (including phenoxy) is 3. The van der Waals surface area contributed by atoms with E-state index in [-0.39, 0.29) is 31.0 Å². The van der Waals surface area contributed by atoms with Crippen molar-refractivity contribution in [3.8, 4) is 11.5 Å². The Labute approximate surface area is 228 Å². The standard InChI is InChI=1S/C28H32F5N3O4/c1-6-38-22-13-20-18(12-21(22)39-10-11-40-23-14-27(23,30)31)25(36-16(3)35-20)34-15(2)17-8-7-9-19(24(17)29)28(32,33)26(4,5)37/h7-9,12-13,15,23,37H,6,10-11,14H2,1-5H3,(H,34,35,36)/t15-,23?/m1/s1. The highest BCUT2D eigenvalue weighted by Gasteiger charge is 2.58. The van der Waals surface area contributed by atoms with Crippen LogP contribution in [0.25, 0.3) is 10.9 Å². The largest absolute Gasteiger partial charge is 0.490 e. The van der Waals surface area contributed by atoms with Crippen molar-refractivity contribution >= 4 is 16.7 Å². The number of aliphatic hydroxyl groups is 1. The first-order valence-corrected chi connectivity index (χ1v) is 12.9. The molecule has 2 N–H and O–H groups in total. The Morgan fingerprint density at radius 3 is 2.42 bits per heavy atom. The lowest BCUT2D eigenvalue weighted by Gasteiger charge is -2.30. The molecule has 1 aliphatic rings. The first-order valence-electron chi connectivity index (χ1n) is 12.9. The summed E-state index contributed by atoms with van der Waals surface area (Å²) in [5, 5.41) is 13.5. The third-order valence-electron chi connectivity index (χ3n) is 6.56. The van der Waals surface area contributed by atoms with Gasteiger partial charge in [-0.1, -0.05) is 12.1 Å². The van der Waals surface area contributed by atoms with Crippen LogP contribution in [0.2, 0.25) is 0 Å². The normalized spacial score (nSPS) is 17.5. The average molecular weight is 570 g/mol. The molecule has 1 aromatic heterocycles. The first kappa shape index (κ1) is 29.7. The summed E-state index contributed by atoms with van der Waals surface area (Å²) in [5.74, 6) is -6.44. The van der Waals surface area contributed by atoms with Gasteiger partial charge >= 0.3 is 5.92 Å². The molecule has 2 aromatic carbocycles. The van der Waals surface area contributed by atoms with Gasteiger partial charge in [0.25, 0.3) is 5.92 Å². The van der Waals surface area contributed by atoms with Crippen LogP contribution in [0.3, 0.4) is 0 Å². The predicted octanol–water partition coefficient (Wildman–Crippen LogP) is 6.31. The maximum Gasteiger partial charge on any atom is 0.303 e. The Morgan fingerprint density at radius 1 is 1.12 bits per heavy atom. The van der Waals surface area contributed by atoms with E-state index in [0.717, 1.165) is 19.9 Å². The van der Waals surface area contributed by atoms with Crippen molar-refractivity contribution in [3.05, 3.63) is 53.1 Å². The molecule has 12 heteroatoms. The van der Waals surface area contributed by atoms with Crippen molar-refractivity contribution in [1.29, 1.82) is 0 Å². The van der Waals surface area contributed by atoms with Crippen LogP contribution in [0, 0.1) is 12.7 Å². The molecule has 0 amide bonds. The summed E-state index contributed by atoms with van der Waals surface area (Å²) in [4.78, 5) is 8.87. The summed E-state index contributed by atoms with van der Waals surface area (Å²) in [6, 6.07) is 6.04. The molecular weight excluding hydrogens is 537 g/mol. The van der Waals surface area contributed by atoms with Gasteiger partial charge in [0.05, 0.1) is 30.3 Å². The highest BCUT2D eigenvalue weighted by Crippen LogP contribution is 2.44. The van der Waals surface area contributed by atoms with E-state index in [2.05, 4.69) is 15.3 Å². The number of halogens is 5. The monoisotopic (exact) mass is 569 g/mol. The maximum atomic E-state index is 15.4. The van der Waals surface area contributed by atoms with E-state index in [1.54, 1.807) is 32.9 Å². The van der Waals surface area contributed by atoms with Gasteiger partial charge in [-0.3, -0.25) is 0 Å². The van der Waals surface area contributed by atoms with Gasteiger partial charge in [-0.15, -0.1) is 0 Å². The molecule has 1 fully saturated rings. The highest BCUT2D eigenvalue weighted by molar-refractivity contribution is 5.92. The Balaban J connectivity index is 1.63. The van der Waals surface area contributed by atoms with Crippen molar-refractivity contribution in [3.63, 3.8) is 0 Å². The summed E-state index contributed by atoms with van der Waals surface area (Å²) in [6.07, 6.45) is -1.41. The van der Waals surface area contributed by atoms with E-state index < -0.39 is 41.0 Å². The Kier molecular flexibility index (Phi) is 8.15. The zero-order valence-electron chi connectivity index (χ0n) is 22.8. The molecule has 218 valence electrons. The number of aromatic nitrogens is 2. The van der Waals surface area contributed by atoms with Crippen LogP contribution < -0.4 is 14.8 Å². The summed E-state index contributed by atoms with van der Waals surface area (Å²) in [5.41, 5.74) is -2.97. The van der Waals surface area contributed by atoms with Gasteiger partial charge in [0.1, 0.15) is 35.8 Å². The second-order valence-corrected chi connectivity index (χ2v) is 10.2. The topological polar surface area (TPSA) is 85.7 Å². The molecule has 40 heavy (non-hydrogen) atoms. The van der Waals surface area contributed by atoms with Crippen LogP contribution in [-0.2, 0) is 10.7 Å². The van der Waals surface area contributed by atoms with Crippen LogP contribution in [0.15, 0.2) is 30.3 Å². The molecule has 7 nitrogen and oxygen atoms in total. The average Bonchev–Trinajstić information content (AvgIpc) is 3.47.